The van der Waals surface area contributed by atoms with Crippen molar-refractivity contribution in [1.29, 1.82) is 0 Å². The number of carboxylic acids is 1. The minimum absolute atomic E-state index is 0.0960. The molecule has 0 aliphatic rings. The molecule has 3 N–H and O–H groups in total. The van der Waals surface area contributed by atoms with Gasteiger partial charge in [-0.1, -0.05) is 19.1 Å². The number of hydrogen-bond acceptors (Lipinski definition) is 3. The molecule has 2 aromatic rings. The van der Waals surface area contributed by atoms with Crippen LogP contribution in [0.2, 0.25) is 0 Å². The van der Waals surface area contributed by atoms with Crippen LogP contribution >= 0.6 is 0 Å². The molecule has 110 valence electrons. The van der Waals surface area contributed by atoms with Crippen LogP contribution in [0.4, 0.5) is 5.69 Å². The molecule has 0 spiro atoms. The molecule has 6 nitrogen and oxygen atoms in total. The first kappa shape index (κ1) is 14.8. The maximum atomic E-state index is 12.0. The Morgan fingerprint density at radius 2 is 2.00 bits per heavy atom. The molecule has 0 fully saturated rings. The Morgan fingerprint density at radius 1 is 1.29 bits per heavy atom. The number of aromatic amines is 1. The Labute approximate surface area is 122 Å². The highest BCUT2D eigenvalue weighted by atomic mass is 16.4. The summed E-state index contributed by atoms with van der Waals surface area (Å²) >= 11 is 0. The maximum absolute atomic E-state index is 12.0. The molecule has 0 bridgehead atoms. The molecular formula is C15H17N3O3. The molecule has 1 aromatic carbocycles. The van der Waals surface area contributed by atoms with E-state index in [1.165, 1.54) is 0 Å². The van der Waals surface area contributed by atoms with Gasteiger partial charge in [0.15, 0.2) is 5.69 Å². The van der Waals surface area contributed by atoms with Gasteiger partial charge in [0, 0.05) is 17.8 Å². The third kappa shape index (κ3) is 4.17. The number of benzene rings is 1. The average molecular weight is 287 g/mol. The SMILES string of the molecule is CCc1cc(C(=O)Nc2ccc(CCC(=O)O)cc2)n[nH]1. The van der Waals surface area contributed by atoms with Gasteiger partial charge in [-0.25, -0.2) is 0 Å². The van der Waals surface area contributed by atoms with Crippen molar-refractivity contribution in [3.63, 3.8) is 0 Å². The fraction of sp³-hybridized carbons (Fsp3) is 0.267. The highest BCUT2D eigenvalue weighted by Crippen LogP contribution is 2.12. The lowest BCUT2D eigenvalue weighted by Gasteiger charge is -2.04. The van der Waals surface area contributed by atoms with Crippen LogP contribution in [0.1, 0.15) is 35.1 Å². The summed E-state index contributed by atoms with van der Waals surface area (Å²) in [7, 11) is 0. The number of nitrogens with zero attached hydrogens (tertiary/aromatic N) is 1. The molecule has 1 aromatic heterocycles. The molecule has 0 aliphatic heterocycles. The van der Waals surface area contributed by atoms with E-state index in [4.69, 9.17) is 5.11 Å². The van der Waals surface area contributed by atoms with Crippen molar-refractivity contribution in [2.24, 2.45) is 0 Å². The molecule has 0 aliphatic carbocycles. The van der Waals surface area contributed by atoms with Crippen molar-refractivity contribution in [2.75, 3.05) is 5.32 Å². The summed E-state index contributed by atoms with van der Waals surface area (Å²) < 4.78 is 0. The lowest BCUT2D eigenvalue weighted by atomic mass is 10.1. The standard InChI is InChI=1S/C15H17N3O3/c1-2-11-9-13(18-17-11)15(21)16-12-6-3-10(4-7-12)5-8-14(19)20/h3-4,6-7,9H,2,5,8H2,1H3,(H,16,21)(H,17,18)(H,19,20). The van der Waals surface area contributed by atoms with Gasteiger partial charge in [-0.15, -0.1) is 0 Å². The van der Waals surface area contributed by atoms with E-state index >= 15 is 0 Å². The number of amides is 1. The minimum atomic E-state index is -0.822. The zero-order valence-electron chi connectivity index (χ0n) is 11.7. The fourth-order valence-electron chi connectivity index (χ4n) is 1.86. The van der Waals surface area contributed by atoms with Crippen LogP contribution in [0, 0.1) is 0 Å². The molecule has 21 heavy (non-hydrogen) atoms. The number of aryl methyl sites for hydroxylation is 2. The summed E-state index contributed by atoms with van der Waals surface area (Å²) in [5.41, 5.74) is 2.83. The Morgan fingerprint density at radius 3 is 2.57 bits per heavy atom. The third-order valence-electron chi connectivity index (χ3n) is 3.08. The molecule has 2 rings (SSSR count). The molecule has 6 heteroatoms. The Hall–Kier alpha value is -2.63. The third-order valence-corrected chi connectivity index (χ3v) is 3.08. The first-order valence-electron chi connectivity index (χ1n) is 6.75. The maximum Gasteiger partial charge on any atom is 0.303 e. The van der Waals surface area contributed by atoms with Crippen molar-refractivity contribution in [2.45, 2.75) is 26.2 Å². The molecule has 0 saturated heterocycles. The van der Waals surface area contributed by atoms with Gasteiger partial charge in [0.25, 0.3) is 5.91 Å². The van der Waals surface area contributed by atoms with E-state index in [0.29, 0.717) is 17.8 Å². The molecule has 0 atom stereocenters. The zero-order valence-corrected chi connectivity index (χ0v) is 11.7. The number of aliphatic carboxylic acids is 1. The van der Waals surface area contributed by atoms with E-state index in [-0.39, 0.29) is 12.3 Å². The van der Waals surface area contributed by atoms with E-state index in [0.717, 1.165) is 17.7 Å². The van der Waals surface area contributed by atoms with Gasteiger partial charge >= 0.3 is 5.97 Å². The molecule has 1 heterocycles. The first-order valence-corrected chi connectivity index (χ1v) is 6.75. The number of nitrogens with one attached hydrogen (secondary N) is 2. The predicted molar refractivity (Wildman–Crippen MR) is 78.3 cm³/mol. The Balaban J connectivity index is 1.96. The first-order chi connectivity index (χ1) is 10.1. The van der Waals surface area contributed by atoms with Crippen molar-refractivity contribution >= 4 is 17.6 Å². The summed E-state index contributed by atoms with van der Waals surface area (Å²) in [5.74, 6) is -1.10. The average Bonchev–Trinajstić information content (AvgIpc) is 2.95. The Kier molecular flexibility index (Phi) is 4.71. The van der Waals surface area contributed by atoms with Crippen LogP contribution < -0.4 is 5.32 Å². The highest BCUT2D eigenvalue weighted by molar-refractivity contribution is 6.02. The van der Waals surface area contributed by atoms with Gasteiger partial charge in [-0.05, 0) is 36.6 Å². The number of carbonyl (C=O) groups excluding carboxylic acids is 1. The van der Waals surface area contributed by atoms with Crippen molar-refractivity contribution in [3.8, 4) is 0 Å². The quantitative estimate of drug-likeness (QED) is 0.759. The van der Waals surface area contributed by atoms with E-state index < -0.39 is 5.97 Å². The fourth-order valence-corrected chi connectivity index (χ4v) is 1.86. The van der Waals surface area contributed by atoms with Crippen LogP contribution in [0.3, 0.4) is 0 Å². The Bertz CT molecular complexity index is 632. The molecule has 0 radical (unpaired) electrons. The van der Waals surface area contributed by atoms with Crippen molar-refractivity contribution in [1.82, 2.24) is 10.2 Å². The molecule has 0 unspecified atom stereocenters. The van der Waals surface area contributed by atoms with E-state index in [2.05, 4.69) is 15.5 Å². The topological polar surface area (TPSA) is 95.1 Å². The number of H-pyrrole nitrogens is 1. The van der Waals surface area contributed by atoms with Crippen molar-refractivity contribution < 1.29 is 14.7 Å². The van der Waals surface area contributed by atoms with E-state index in [1.54, 1.807) is 30.3 Å². The number of rotatable bonds is 6. The predicted octanol–water partition coefficient (Wildman–Crippen LogP) is 2.24. The summed E-state index contributed by atoms with van der Waals surface area (Å²) in [6.45, 7) is 1.98. The van der Waals surface area contributed by atoms with Gasteiger partial charge in [-0.2, -0.15) is 5.10 Å². The molecular weight excluding hydrogens is 270 g/mol. The minimum Gasteiger partial charge on any atom is -0.481 e. The lowest BCUT2D eigenvalue weighted by molar-refractivity contribution is -0.136. The van der Waals surface area contributed by atoms with Crippen LogP contribution in [0.25, 0.3) is 0 Å². The van der Waals surface area contributed by atoms with Gasteiger partial charge in [0.05, 0.1) is 0 Å². The van der Waals surface area contributed by atoms with Crippen LogP contribution in [0.5, 0.6) is 0 Å². The number of carboxylic acid groups (broad SMARTS) is 1. The number of aromatic nitrogens is 2. The van der Waals surface area contributed by atoms with E-state index in [1.807, 2.05) is 6.92 Å². The van der Waals surface area contributed by atoms with Gasteiger partial charge in [-0.3, -0.25) is 14.7 Å². The normalized spacial score (nSPS) is 10.3. The largest absolute Gasteiger partial charge is 0.481 e. The second kappa shape index (κ2) is 6.69. The number of anilines is 1. The van der Waals surface area contributed by atoms with Gasteiger partial charge in [0.1, 0.15) is 0 Å². The second-order valence-corrected chi connectivity index (χ2v) is 4.68. The zero-order chi connectivity index (χ0) is 15.2. The molecule has 1 amide bonds. The van der Waals surface area contributed by atoms with E-state index in [9.17, 15) is 9.59 Å². The molecule has 0 saturated carbocycles. The summed E-state index contributed by atoms with van der Waals surface area (Å²) in [6.07, 6.45) is 1.36. The monoisotopic (exact) mass is 287 g/mol. The second-order valence-electron chi connectivity index (χ2n) is 4.68. The summed E-state index contributed by atoms with van der Waals surface area (Å²) in [5, 5.41) is 18.1. The van der Waals surface area contributed by atoms with Crippen LogP contribution in [0.15, 0.2) is 30.3 Å². The van der Waals surface area contributed by atoms with Crippen LogP contribution in [-0.2, 0) is 17.6 Å². The smallest absolute Gasteiger partial charge is 0.303 e. The number of hydrogen-bond donors (Lipinski definition) is 3. The summed E-state index contributed by atoms with van der Waals surface area (Å²) in [4.78, 5) is 22.5. The van der Waals surface area contributed by atoms with Crippen molar-refractivity contribution in [3.05, 3.63) is 47.3 Å². The highest BCUT2D eigenvalue weighted by Gasteiger charge is 2.10. The van der Waals surface area contributed by atoms with Gasteiger partial charge in [0.2, 0.25) is 0 Å². The number of carbonyl (C=O) groups is 2. The van der Waals surface area contributed by atoms with Crippen LogP contribution in [-0.4, -0.2) is 27.2 Å². The summed E-state index contributed by atoms with van der Waals surface area (Å²) in [6, 6.07) is 8.84. The van der Waals surface area contributed by atoms with Gasteiger partial charge < -0.3 is 10.4 Å². The lowest BCUT2D eigenvalue weighted by Crippen LogP contribution is -2.12.